The summed E-state index contributed by atoms with van der Waals surface area (Å²) in [6.07, 6.45) is 0.683. The predicted octanol–water partition coefficient (Wildman–Crippen LogP) is 1.98. The van der Waals surface area contributed by atoms with Crippen molar-refractivity contribution in [2.75, 3.05) is 17.2 Å². The molecule has 23 heavy (non-hydrogen) atoms. The molecule has 2 aliphatic heterocycles. The smallest absolute Gasteiger partial charge is 0.227 e. The lowest BCUT2D eigenvalue weighted by Gasteiger charge is -2.18. The monoisotopic (exact) mass is 356 g/mol. The average molecular weight is 357 g/mol. The molecule has 0 bridgehead atoms. The van der Waals surface area contributed by atoms with Crippen LogP contribution in [0.4, 0.5) is 10.1 Å². The summed E-state index contributed by atoms with van der Waals surface area (Å²) in [5.41, 5.74) is 0.462. The Labute approximate surface area is 141 Å². The van der Waals surface area contributed by atoms with Gasteiger partial charge in [-0.05, 0) is 24.6 Å². The molecule has 2 atom stereocenters. The molecule has 0 spiro atoms. The molecule has 5 nitrogen and oxygen atoms in total. The topological polar surface area (TPSA) is 66.5 Å². The van der Waals surface area contributed by atoms with Crippen molar-refractivity contribution in [1.82, 2.24) is 5.32 Å². The fourth-order valence-electron chi connectivity index (χ4n) is 2.70. The molecule has 2 unspecified atom stereocenters. The molecule has 0 radical (unpaired) electrons. The molecule has 2 heterocycles. The minimum absolute atomic E-state index is 0.0372. The quantitative estimate of drug-likeness (QED) is 0.899. The third-order valence-corrected chi connectivity index (χ3v) is 5.26. The Morgan fingerprint density at radius 3 is 2.83 bits per heavy atom. The van der Waals surface area contributed by atoms with Crippen molar-refractivity contribution in [3.63, 3.8) is 0 Å². The molecule has 2 aliphatic rings. The van der Waals surface area contributed by atoms with Gasteiger partial charge in [0.05, 0.1) is 17.0 Å². The molecule has 2 fully saturated rings. The second-order valence-electron chi connectivity index (χ2n) is 5.52. The Balaban J connectivity index is 1.68. The van der Waals surface area contributed by atoms with Crippen molar-refractivity contribution in [2.45, 2.75) is 18.9 Å². The zero-order valence-electron chi connectivity index (χ0n) is 12.1. The highest BCUT2D eigenvalue weighted by Crippen LogP contribution is 2.29. The van der Waals surface area contributed by atoms with Gasteiger partial charge in [-0.15, -0.1) is 0 Å². The summed E-state index contributed by atoms with van der Waals surface area (Å²) in [6, 6.07) is 3.55. The molecule has 2 saturated heterocycles. The molecule has 1 aromatic carbocycles. The van der Waals surface area contributed by atoms with Crippen LogP contribution in [0.5, 0.6) is 0 Å². The minimum Gasteiger partial charge on any atom is -0.345 e. The van der Waals surface area contributed by atoms with Gasteiger partial charge < -0.3 is 10.2 Å². The van der Waals surface area contributed by atoms with Crippen molar-refractivity contribution in [3.05, 3.63) is 29.0 Å². The normalized spacial score (nSPS) is 24.3. The number of rotatable bonds is 3. The molecular weight excluding hydrogens is 343 g/mol. The highest BCUT2D eigenvalue weighted by molar-refractivity contribution is 8.14. The summed E-state index contributed by atoms with van der Waals surface area (Å²) in [6.45, 7) is 0.195. The second-order valence-corrected chi connectivity index (χ2v) is 7.03. The number of thioether (sulfide) groups is 1. The molecule has 8 heteroatoms. The van der Waals surface area contributed by atoms with Gasteiger partial charge in [-0.3, -0.25) is 14.4 Å². The van der Waals surface area contributed by atoms with E-state index in [0.717, 1.165) is 0 Å². The van der Waals surface area contributed by atoms with Crippen LogP contribution in [0.25, 0.3) is 0 Å². The molecule has 1 N–H and O–H groups in total. The Bertz CT molecular complexity index is 685. The number of carbonyl (C=O) groups is 3. The predicted molar refractivity (Wildman–Crippen MR) is 85.9 cm³/mol. The summed E-state index contributed by atoms with van der Waals surface area (Å²) in [5, 5.41) is 2.60. The first-order valence-corrected chi connectivity index (χ1v) is 8.54. The fraction of sp³-hybridized carbons (Fsp3) is 0.400. The molecule has 0 aromatic heterocycles. The number of amides is 2. The third-order valence-electron chi connectivity index (χ3n) is 3.96. The van der Waals surface area contributed by atoms with Crippen LogP contribution in [0.15, 0.2) is 18.2 Å². The van der Waals surface area contributed by atoms with Gasteiger partial charge in [0.25, 0.3) is 0 Å². The lowest BCUT2D eigenvalue weighted by atomic mass is 10.1. The number of halogens is 2. The molecule has 0 aliphatic carbocycles. The number of anilines is 1. The SMILES string of the molecule is O=C(NC1CCSC1=O)C1CC(=O)N(c2ccc(F)c(Cl)c2)C1. The molecular formula is C15H14ClFN2O3S. The van der Waals surface area contributed by atoms with Crippen LogP contribution in [-0.4, -0.2) is 35.3 Å². The number of nitrogens with one attached hydrogen (secondary N) is 1. The van der Waals surface area contributed by atoms with Gasteiger partial charge in [-0.25, -0.2) is 4.39 Å². The highest BCUT2D eigenvalue weighted by atomic mass is 35.5. The van der Waals surface area contributed by atoms with E-state index in [1.165, 1.54) is 34.9 Å². The van der Waals surface area contributed by atoms with Gasteiger partial charge in [-0.1, -0.05) is 23.4 Å². The van der Waals surface area contributed by atoms with Crippen LogP contribution < -0.4 is 10.2 Å². The Kier molecular flexibility index (Phi) is 4.59. The Hall–Kier alpha value is -1.60. The van der Waals surface area contributed by atoms with Crippen LogP contribution in [0, 0.1) is 11.7 Å². The van der Waals surface area contributed by atoms with Crippen LogP contribution >= 0.6 is 23.4 Å². The molecule has 0 saturated carbocycles. The van der Waals surface area contributed by atoms with E-state index in [1.54, 1.807) is 0 Å². The van der Waals surface area contributed by atoms with Gasteiger partial charge in [-0.2, -0.15) is 0 Å². The first kappa shape index (κ1) is 16.3. The van der Waals surface area contributed by atoms with E-state index in [9.17, 15) is 18.8 Å². The molecule has 1 aromatic rings. The van der Waals surface area contributed by atoms with Crippen LogP contribution in [-0.2, 0) is 14.4 Å². The number of carbonyl (C=O) groups excluding carboxylic acids is 3. The van der Waals surface area contributed by atoms with E-state index in [4.69, 9.17) is 11.6 Å². The standard InChI is InChI=1S/C15H14ClFN2O3S/c16-10-6-9(1-2-11(10)17)19-7-8(5-13(19)20)14(21)18-12-3-4-23-15(12)22/h1-2,6,8,12H,3-5,7H2,(H,18,21). The maximum atomic E-state index is 13.2. The van der Waals surface area contributed by atoms with Crippen molar-refractivity contribution < 1.29 is 18.8 Å². The molecule has 122 valence electrons. The summed E-state index contributed by atoms with van der Waals surface area (Å²) in [4.78, 5) is 37.4. The summed E-state index contributed by atoms with van der Waals surface area (Å²) >= 11 is 6.95. The number of nitrogens with zero attached hydrogens (tertiary/aromatic N) is 1. The van der Waals surface area contributed by atoms with E-state index in [0.29, 0.717) is 17.9 Å². The van der Waals surface area contributed by atoms with Crippen LogP contribution in [0.2, 0.25) is 5.02 Å². The number of hydrogen-bond donors (Lipinski definition) is 1. The maximum Gasteiger partial charge on any atom is 0.227 e. The highest BCUT2D eigenvalue weighted by Gasteiger charge is 2.37. The van der Waals surface area contributed by atoms with Crippen molar-refractivity contribution in [1.29, 1.82) is 0 Å². The number of hydrogen-bond acceptors (Lipinski definition) is 4. The van der Waals surface area contributed by atoms with Gasteiger partial charge in [0.15, 0.2) is 0 Å². The lowest BCUT2D eigenvalue weighted by Crippen LogP contribution is -2.41. The maximum absolute atomic E-state index is 13.2. The van der Waals surface area contributed by atoms with Crippen LogP contribution in [0.3, 0.4) is 0 Å². The number of benzene rings is 1. The average Bonchev–Trinajstić information content (AvgIpc) is 3.09. The summed E-state index contributed by atoms with van der Waals surface area (Å²) in [5.74, 6) is -0.902. The lowest BCUT2D eigenvalue weighted by molar-refractivity contribution is -0.128. The van der Waals surface area contributed by atoms with Crippen LogP contribution in [0.1, 0.15) is 12.8 Å². The minimum atomic E-state index is -0.561. The first-order chi connectivity index (χ1) is 11.0. The fourth-order valence-corrected chi connectivity index (χ4v) is 3.81. The largest absolute Gasteiger partial charge is 0.345 e. The van der Waals surface area contributed by atoms with E-state index in [-0.39, 0.29) is 34.9 Å². The zero-order valence-corrected chi connectivity index (χ0v) is 13.6. The van der Waals surface area contributed by atoms with E-state index >= 15 is 0 Å². The Morgan fingerprint density at radius 2 is 2.17 bits per heavy atom. The van der Waals surface area contributed by atoms with Crippen molar-refractivity contribution in [2.24, 2.45) is 5.92 Å². The zero-order chi connectivity index (χ0) is 16.6. The molecule has 2 amide bonds. The first-order valence-electron chi connectivity index (χ1n) is 7.18. The van der Waals surface area contributed by atoms with E-state index in [2.05, 4.69) is 5.32 Å². The third kappa shape index (κ3) is 3.35. The summed E-state index contributed by atoms with van der Waals surface area (Å²) in [7, 11) is 0. The van der Waals surface area contributed by atoms with Gasteiger partial charge >= 0.3 is 0 Å². The van der Waals surface area contributed by atoms with Gasteiger partial charge in [0.2, 0.25) is 16.9 Å². The van der Waals surface area contributed by atoms with Gasteiger partial charge in [0.1, 0.15) is 5.82 Å². The Morgan fingerprint density at radius 1 is 1.39 bits per heavy atom. The van der Waals surface area contributed by atoms with E-state index in [1.807, 2.05) is 0 Å². The van der Waals surface area contributed by atoms with Crippen molar-refractivity contribution in [3.8, 4) is 0 Å². The van der Waals surface area contributed by atoms with E-state index < -0.39 is 17.8 Å². The van der Waals surface area contributed by atoms with Gasteiger partial charge in [0, 0.05) is 24.4 Å². The molecule has 3 rings (SSSR count). The summed E-state index contributed by atoms with van der Waals surface area (Å²) < 4.78 is 13.2. The second kappa shape index (κ2) is 6.49. The van der Waals surface area contributed by atoms with Crippen molar-refractivity contribution >= 4 is 46.0 Å².